The number of piperazine rings is 1. The standard InChI is InChI=1S/C19H29FN4O3.HI/c1-19(2,3)27-18(25)24-9-7-23(8-10-24)17(21)22-12-14-5-6-16(20)15(11-14)13-26-4;/h5-6,11H,7-10,12-13H2,1-4H3,(H2,21,22);1H. The minimum atomic E-state index is -0.508. The van der Waals surface area contributed by atoms with Gasteiger partial charge in [0, 0.05) is 38.9 Å². The van der Waals surface area contributed by atoms with Crippen LogP contribution in [0.25, 0.3) is 0 Å². The highest BCUT2D eigenvalue weighted by molar-refractivity contribution is 14.0. The van der Waals surface area contributed by atoms with Crippen molar-refractivity contribution in [3.05, 3.63) is 35.1 Å². The zero-order valence-electron chi connectivity index (χ0n) is 16.9. The summed E-state index contributed by atoms with van der Waals surface area (Å²) >= 11 is 0. The summed E-state index contributed by atoms with van der Waals surface area (Å²) in [6.45, 7) is 8.34. The number of rotatable bonds is 4. The Morgan fingerprint density at radius 1 is 1.21 bits per heavy atom. The summed E-state index contributed by atoms with van der Waals surface area (Å²) in [5, 5.41) is 0. The van der Waals surface area contributed by atoms with Gasteiger partial charge in [0.25, 0.3) is 0 Å². The number of halogens is 2. The van der Waals surface area contributed by atoms with Crippen molar-refractivity contribution in [1.82, 2.24) is 9.80 Å². The van der Waals surface area contributed by atoms with Gasteiger partial charge in [-0.15, -0.1) is 24.0 Å². The van der Waals surface area contributed by atoms with E-state index >= 15 is 0 Å². The van der Waals surface area contributed by atoms with Crippen LogP contribution in [0.4, 0.5) is 9.18 Å². The molecule has 0 bridgehead atoms. The third-order valence-corrected chi connectivity index (χ3v) is 4.09. The molecule has 0 aliphatic carbocycles. The Hall–Kier alpha value is -1.62. The first-order valence-corrected chi connectivity index (χ1v) is 8.98. The summed E-state index contributed by atoms with van der Waals surface area (Å²) in [6.07, 6.45) is -0.311. The van der Waals surface area contributed by atoms with Gasteiger partial charge in [0.1, 0.15) is 11.4 Å². The molecule has 0 aromatic heterocycles. The number of hydrogen-bond donors (Lipinski definition) is 1. The van der Waals surface area contributed by atoms with E-state index in [0.717, 1.165) is 5.56 Å². The predicted octanol–water partition coefficient (Wildman–Crippen LogP) is 2.96. The lowest BCUT2D eigenvalue weighted by atomic mass is 10.1. The van der Waals surface area contributed by atoms with Gasteiger partial charge in [-0.1, -0.05) is 6.07 Å². The topological polar surface area (TPSA) is 80.4 Å². The first kappa shape index (κ1) is 24.4. The number of carbonyl (C=O) groups excluding carboxylic acids is 1. The first-order chi connectivity index (χ1) is 12.7. The number of carbonyl (C=O) groups is 1. The van der Waals surface area contributed by atoms with Crippen LogP contribution in [0, 0.1) is 5.82 Å². The van der Waals surface area contributed by atoms with Crippen molar-refractivity contribution >= 4 is 36.0 Å². The third kappa shape index (κ3) is 7.42. The number of hydrogen-bond acceptors (Lipinski definition) is 4. The molecule has 0 unspecified atom stereocenters. The van der Waals surface area contributed by atoms with Crippen molar-refractivity contribution in [2.45, 2.75) is 39.5 Å². The third-order valence-electron chi connectivity index (χ3n) is 4.09. The van der Waals surface area contributed by atoms with Crippen molar-refractivity contribution in [2.75, 3.05) is 33.3 Å². The van der Waals surface area contributed by atoms with Gasteiger partial charge in [0.05, 0.1) is 13.2 Å². The van der Waals surface area contributed by atoms with Crippen LogP contribution in [0.5, 0.6) is 0 Å². The molecule has 1 aliphatic heterocycles. The lowest BCUT2D eigenvalue weighted by Crippen LogP contribution is -2.53. The van der Waals surface area contributed by atoms with E-state index in [9.17, 15) is 9.18 Å². The number of nitrogens with two attached hydrogens (primary N) is 1. The molecule has 1 saturated heterocycles. The lowest BCUT2D eigenvalue weighted by Gasteiger charge is -2.36. The highest BCUT2D eigenvalue weighted by Crippen LogP contribution is 2.14. The van der Waals surface area contributed by atoms with Crippen LogP contribution in [-0.4, -0.2) is 60.7 Å². The van der Waals surface area contributed by atoms with Crippen molar-refractivity contribution in [1.29, 1.82) is 0 Å². The van der Waals surface area contributed by atoms with E-state index in [0.29, 0.717) is 44.2 Å². The fraction of sp³-hybridized carbons (Fsp3) is 0.579. The second-order valence-corrected chi connectivity index (χ2v) is 7.49. The number of methoxy groups -OCH3 is 1. The Kier molecular flexibility index (Phi) is 9.42. The average molecular weight is 508 g/mol. The Labute approximate surface area is 183 Å². The van der Waals surface area contributed by atoms with Gasteiger partial charge in [-0.2, -0.15) is 0 Å². The lowest BCUT2D eigenvalue weighted by molar-refractivity contribution is 0.0186. The highest BCUT2D eigenvalue weighted by atomic mass is 127. The molecule has 28 heavy (non-hydrogen) atoms. The van der Waals surface area contributed by atoms with Gasteiger partial charge in [0.2, 0.25) is 0 Å². The van der Waals surface area contributed by atoms with Gasteiger partial charge in [-0.05, 0) is 38.5 Å². The maximum absolute atomic E-state index is 13.7. The second-order valence-electron chi connectivity index (χ2n) is 7.49. The van der Waals surface area contributed by atoms with E-state index in [4.69, 9.17) is 15.2 Å². The minimum Gasteiger partial charge on any atom is -0.444 e. The molecule has 7 nitrogen and oxygen atoms in total. The Morgan fingerprint density at radius 3 is 2.39 bits per heavy atom. The highest BCUT2D eigenvalue weighted by Gasteiger charge is 2.26. The molecular weight excluding hydrogens is 478 g/mol. The molecule has 1 fully saturated rings. The maximum atomic E-state index is 13.7. The SMILES string of the molecule is COCc1cc(CN=C(N)N2CCN(C(=O)OC(C)(C)C)CC2)ccc1F.I. The first-order valence-electron chi connectivity index (χ1n) is 8.98. The molecule has 1 heterocycles. The van der Waals surface area contributed by atoms with Crippen LogP contribution in [0.2, 0.25) is 0 Å². The molecular formula is C19H30FIN4O3. The zero-order valence-corrected chi connectivity index (χ0v) is 19.2. The number of benzene rings is 1. The second kappa shape index (κ2) is 10.8. The van der Waals surface area contributed by atoms with Crippen LogP contribution in [0.3, 0.4) is 0 Å². The number of amides is 1. The number of aliphatic imine (C=N–C) groups is 1. The van der Waals surface area contributed by atoms with Crippen LogP contribution < -0.4 is 5.73 Å². The largest absolute Gasteiger partial charge is 0.444 e. The molecule has 1 aromatic carbocycles. The van der Waals surface area contributed by atoms with Gasteiger partial charge in [0.15, 0.2) is 5.96 Å². The van der Waals surface area contributed by atoms with Gasteiger partial charge in [-0.25, -0.2) is 14.2 Å². The molecule has 158 valence electrons. The summed E-state index contributed by atoms with van der Waals surface area (Å²) in [7, 11) is 1.53. The number of nitrogens with zero attached hydrogens (tertiary/aromatic N) is 3. The van der Waals surface area contributed by atoms with E-state index in [1.165, 1.54) is 13.2 Å². The average Bonchev–Trinajstić information content (AvgIpc) is 2.61. The predicted molar refractivity (Wildman–Crippen MR) is 117 cm³/mol. The molecule has 2 rings (SSSR count). The Morgan fingerprint density at radius 2 is 1.82 bits per heavy atom. The molecule has 0 saturated carbocycles. The summed E-state index contributed by atoms with van der Waals surface area (Å²) in [4.78, 5) is 20.1. The van der Waals surface area contributed by atoms with E-state index in [1.54, 1.807) is 17.0 Å². The Balaban J connectivity index is 0.00000392. The smallest absolute Gasteiger partial charge is 0.410 e. The minimum absolute atomic E-state index is 0. The summed E-state index contributed by atoms with van der Waals surface area (Å²) in [5.41, 5.74) is 6.94. The zero-order chi connectivity index (χ0) is 20.0. The van der Waals surface area contributed by atoms with E-state index in [2.05, 4.69) is 4.99 Å². The van der Waals surface area contributed by atoms with Crippen molar-refractivity contribution in [3.63, 3.8) is 0 Å². The van der Waals surface area contributed by atoms with E-state index in [-0.39, 0.29) is 42.5 Å². The van der Waals surface area contributed by atoms with Crippen LogP contribution >= 0.6 is 24.0 Å². The molecule has 1 aromatic rings. The molecule has 1 amide bonds. The summed E-state index contributed by atoms with van der Waals surface area (Å²) < 4.78 is 24.0. The maximum Gasteiger partial charge on any atom is 0.410 e. The van der Waals surface area contributed by atoms with Crippen LogP contribution in [0.1, 0.15) is 31.9 Å². The molecule has 0 radical (unpaired) electrons. The molecule has 9 heteroatoms. The van der Waals surface area contributed by atoms with Crippen LogP contribution in [-0.2, 0) is 22.6 Å². The number of ether oxygens (including phenoxy) is 2. The summed E-state index contributed by atoms with van der Waals surface area (Å²) in [5.74, 6) is 0.118. The molecule has 2 N–H and O–H groups in total. The molecule has 1 aliphatic rings. The monoisotopic (exact) mass is 508 g/mol. The van der Waals surface area contributed by atoms with Crippen molar-refractivity contribution < 1.29 is 18.7 Å². The summed E-state index contributed by atoms with van der Waals surface area (Å²) in [6, 6.07) is 4.83. The van der Waals surface area contributed by atoms with E-state index in [1.807, 2.05) is 25.7 Å². The van der Waals surface area contributed by atoms with Crippen molar-refractivity contribution in [3.8, 4) is 0 Å². The quantitative estimate of drug-likeness (QED) is 0.385. The van der Waals surface area contributed by atoms with E-state index < -0.39 is 5.60 Å². The number of guanidine groups is 1. The van der Waals surface area contributed by atoms with Gasteiger partial charge < -0.3 is 25.0 Å². The van der Waals surface area contributed by atoms with Gasteiger partial charge >= 0.3 is 6.09 Å². The molecule has 0 atom stereocenters. The fourth-order valence-electron chi connectivity index (χ4n) is 2.71. The fourth-order valence-corrected chi connectivity index (χ4v) is 2.71. The van der Waals surface area contributed by atoms with Crippen LogP contribution in [0.15, 0.2) is 23.2 Å². The normalized spacial score (nSPS) is 15.2. The van der Waals surface area contributed by atoms with Crippen molar-refractivity contribution in [2.24, 2.45) is 10.7 Å². The van der Waals surface area contributed by atoms with Gasteiger partial charge in [-0.3, -0.25) is 0 Å². The molecule has 0 spiro atoms. The Bertz CT molecular complexity index is 686.